The van der Waals surface area contributed by atoms with Crippen LogP contribution in [0.1, 0.15) is 19.8 Å². The molecule has 0 aromatic heterocycles. The summed E-state index contributed by atoms with van der Waals surface area (Å²) < 4.78 is 1.18. The molecule has 3 rings (SSSR count). The van der Waals surface area contributed by atoms with Gasteiger partial charge in [0, 0.05) is 9.61 Å². The number of hydrogen-bond acceptors (Lipinski definition) is 1. The highest BCUT2D eigenvalue weighted by Crippen LogP contribution is 2.45. The Morgan fingerprint density at radius 1 is 1.33 bits per heavy atom. The molecule has 96 valence electrons. The summed E-state index contributed by atoms with van der Waals surface area (Å²) in [5.74, 6) is 2.37. The summed E-state index contributed by atoms with van der Waals surface area (Å²) in [4.78, 5) is 0. The van der Waals surface area contributed by atoms with Crippen molar-refractivity contribution in [3.8, 4) is 0 Å². The van der Waals surface area contributed by atoms with Crippen LogP contribution in [0, 0.1) is 21.3 Å². The predicted octanol–water partition coefficient (Wildman–Crippen LogP) is 4.96. The van der Waals surface area contributed by atoms with Crippen molar-refractivity contribution in [1.29, 1.82) is 0 Å². The average Bonchev–Trinajstić information content (AvgIpc) is 2.94. The van der Waals surface area contributed by atoms with E-state index in [0.717, 1.165) is 28.5 Å². The maximum atomic E-state index is 6.28. The summed E-state index contributed by atoms with van der Waals surface area (Å²) in [5.41, 5.74) is 1.07. The number of anilines is 1. The fourth-order valence-electron chi connectivity index (χ4n) is 3.36. The SMILES string of the molecule is CC(Nc1ccc(I)cc1Cl)C1CC2C=CC1C2. The van der Waals surface area contributed by atoms with Crippen molar-refractivity contribution in [2.75, 3.05) is 5.32 Å². The van der Waals surface area contributed by atoms with Crippen LogP contribution in [0.2, 0.25) is 5.02 Å². The molecule has 2 aliphatic rings. The van der Waals surface area contributed by atoms with Crippen molar-refractivity contribution in [2.24, 2.45) is 17.8 Å². The van der Waals surface area contributed by atoms with Gasteiger partial charge in [-0.25, -0.2) is 0 Å². The first-order valence-corrected chi connectivity index (χ1v) is 7.99. The van der Waals surface area contributed by atoms with Crippen LogP contribution in [0.25, 0.3) is 0 Å². The molecular formula is C15H17ClIN. The Kier molecular flexibility index (Phi) is 3.59. The molecule has 3 heteroatoms. The summed E-state index contributed by atoms with van der Waals surface area (Å²) in [5, 5.41) is 4.42. The van der Waals surface area contributed by atoms with E-state index in [1.165, 1.54) is 16.4 Å². The summed E-state index contributed by atoms with van der Waals surface area (Å²) in [6, 6.07) is 6.69. The molecule has 0 saturated heterocycles. The highest BCUT2D eigenvalue weighted by atomic mass is 127. The third kappa shape index (κ3) is 2.42. The lowest BCUT2D eigenvalue weighted by Gasteiger charge is -2.27. The zero-order valence-corrected chi connectivity index (χ0v) is 13.3. The topological polar surface area (TPSA) is 12.0 Å². The van der Waals surface area contributed by atoms with Crippen LogP contribution >= 0.6 is 34.2 Å². The Balaban J connectivity index is 1.71. The molecule has 0 heterocycles. The molecule has 0 aliphatic heterocycles. The lowest BCUT2D eigenvalue weighted by atomic mass is 9.87. The maximum Gasteiger partial charge on any atom is 0.0648 e. The molecule has 1 aromatic carbocycles. The molecule has 0 spiro atoms. The lowest BCUT2D eigenvalue weighted by Crippen LogP contribution is -2.28. The van der Waals surface area contributed by atoms with E-state index < -0.39 is 0 Å². The number of rotatable bonds is 3. The zero-order chi connectivity index (χ0) is 12.7. The van der Waals surface area contributed by atoms with Gasteiger partial charge in [0.15, 0.2) is 0 Å². The smallest absolute Gasteiger partial charge is 0.0648 e. The second kappa shape index (κ2) is 5.04. The average molecular weight is 374 g/mol. The Labute approximate surface area is 127 Å². The van der Waals surface area contributed by atoms with E-state index in [1.54, 1.807) is 0 Å². The standard InChI is InChI=1S/C15H17ClIN/c1-9(13-7-10-2-3-11(13)6-10)18-15-5-4-12(17)8-14(15)16/h2-5,8-11,13,18H,6-7H2,1H3. The molecule has 2 aliphatic carbocycles. The van der Waals surface area contributed by atoms with Crippen molar-refractivity contribution in [3.05, 3.63) is 38.9 Å². The second-order valence-electron chi connectivity index (χ2n) is 5.50. The fraction of sp³-hybridized carbons (Fsp3) is 0.467. The third-order valence-electron chi connectivity index (χ3n) is 4.29. The summed E-state index contributed by atoms with van der Waals surface area (Å²) in [6.07, 6.45) is 7.49. The highest BCUT2D eigenvalue weighted by molar-refractivity contribution is 14.1. The maximum absolute atomic E-state index is 6.28. The van der Waals surface area contributed by atoms with Gasteiger partial charge in [0.05, 0.1) is 10.7 Å². The third-order valence-corrected chi connectivity index (χ3v) is 5.27. The lowest BCUT2D eigenvalue weighted by molar-refractivity contribution is 0.400. The van der Waals surface area contributed by atoms with Crippen LogP contribution in [-0.2, 0) is 0 Å². The summed E-state index contributed by atoms with van der Waals surface area (Å²) in [6.45, 7) is 2.29. The predicted molar refractivity (Wildman–Crippen MR) is 86.1 cm³/mol. The number of nitrogens with one attached hydrogen (secondary N) is 1. The van der Waals surface area contributed by atoms with Gasteiger partial charge in [-0.2, -0.15) is 0 Å². The molecule has 1 saturated carbocycles. The van der Waals surface area contributed by atoms with E-state index >= 15 is 0 Å². The zero-order valence-electron chi connectivity index (χ0n) is 10.4. The number of benzene rings is 1. The van der Waals surface area contributed by atoms with Crippen LogP contribution in [-0.4, -0.2) is 6.04 Å². The minimum atomic E-state index is 0.488. The highest BCUT2D eigenvalue weighted by Gasteiger charge is 2.38. The molecule has 1 nitrogen and oxygen atoms in total. The van der Waals surface area contributed by atoms with Crippen LogP contribution in [0.4, 0.5) is 5.69 Å². The molecule has 2 bridgehead atoms. The van der Waals surface area contributed by atoms with Crippen LogP contribution in [0.15, 0.2) is 30.4 Å². The van der Waals surface area contributed by atoms with Gasteiger partial charge in [0.1, 0.15) is 0 Å². The van der Waals surface area contributed by atoms with Gasteiger partial charge in [0.25, 0.3) is 0 Å². The molecule has 18 heavy (non-hydrogen) atoms. The molecule has 1 aromatic rings. The van der Waals surface area contributed by atoms with Gasteiger partial charge in [-0.15, -0.1) is 0 Å². The molecule has 0 amide bonds. The Hall–Kier alpha value is -0.220. The van der Waals surface area contributed by atoms with E-state index in [1.807, 2.05) is 6.07 Å². The van der Waals surface area contributed by atoms with Gasteiger partial charge in [-0.05, 0) is 78.3 Å². The fourth-order valence-corrected chi connectivity index (χ4v) is 4.27. The molecule has 1 fully saturated rings. The van der Waals surface area contributed by atoms with Crippen molar-refractivity contribution in [3.63, 3.8) is 0 Å². The second-order valence-corrected chi connectivity index (χ2v) is 7.15. The monoisotopic (exact) mass is 373 g/mol. The molecule has 1 N–H and O–H groups in total. The first kappa shape index (κ1) is 12.8. The van der Waals surface area contributed by atoms with E-state index in [-0.39, 0.29) is 0 Å². The number of fused-ring (bicyclic) bond motifs is 2. The quantitative estimate of drug-likeness (QED) is 0.583. The van der Waals surface area contributed by atoms with Gasteiger partial charge in [0.2, 0.25) is 0 Å². The minimum Gasteiger partial charge on any atom is -0.381 e. The van der Waals surface area contributed by atoms with Crippen molar-refractivity contribution < 1.29 is 0 Å². The van der Waals surface area contributed by atoms with E-state index in [2.05, 4.69) is 59.1 Å². The molecule has 0 radical (unpaired) electrons. The van der Waals surface area contributed by atoms with Crippen LogP contribution in [0.3, 0.4) is 0 Å². The summed E-state index contributed by atoms with van der Waals surface area (Å²) in [7, 11) is 0. The van der Waals surface area contributed by atoms with Crippen LogP contribution < -0.4 is 5.32 Å². The van der Waals surface area contributed by atoms with E-state index in [9.17, 15) is 0 Å². The number of hydrogen-bond donors (Lipinski definition) is 1. The molecule has 4 unspecified atom stereocenters. The largest absolute Gasteiger partial charge is 0.381 e. The normalized spacial score (nSPS) is 30.7. The van der Waals surface area contributed by atoms with Gasteiger partial charge >= 0.3 is 0 Å². The van der Waals surface area contributed by atoms with Gasteiger partial charge in [-0.3, -0.25) is 0 Å². The van der Waals surface area contributed by atoms with Crippen molar-refractivity contribution >= 4 is 39.9 Å². The Morgan fingerprint density at radius 3 is 2.78 bits per heavy atom. The minimum absolute atomic E-state index is 0.488. The first-order valence-electron chi connectivity index (χ1n) is 6.53. The number of allylic oxidation sites excluding steroid dienone is 2. The molecular weight excluding hydrogens is 357 g/mol. The van der Waals surface area contributed by atoms with Gasteiger partial charge < -0.3 is 5.32 Å². The first-order chi connectivity index (χ1) is 8.63. The van der Waals surface area contributed by atoms with Gasteiger partial charge in [-0.1, -0.05) is 23.8 Å². The van der Waals surface area contributed by atoms with E-state index in [0.29, 0.717) is 6.04 Å². The Bertz CT molecular complexity index is 485. The summed E-state index contributed by atoms with van der Waals surface area (Å²) >= 11 is 8.57. The van der Waals surface area contributed by atoms with Crippen molar-refractivity contribution in [2.45, 2.75) is 25.8 Å². The molecule has 4 atom stereocenters. The van der Waals surface area contributed by atoms with E-state index in [4.69, 9.17) is 11.6 Å². The van der Waals surface area contributed by atoms with Crippen molar-refractivity contribution in [1.82, 2.24) is 0 Å². The Morgan fingerprint density at radius 2 is 2.17 bits per heavy atom. The van der Waals surface area contributed by atoms with Crippen LogP contribution in [0.5, 0.6) is 0 Å². The number of halogens is 2.